The second-order valence-corrected chi connectivity index (χ2v) is 3.95. The summed E-state index contributed by atoms with van der Waals surface area (Å²) >= 11 is 0. The number of hydrogen-bond acceptors (Lipinski definition) is 6. The molecule has 1 amide bonds. The Labute approximate surface area is 113 Å². The molecule has 1 atom stereocenters. The Morgan fingerprint density at radius 2 is 2.20 bits per heavy atom. The van der Waals surface area contributed by atoms with Crippen LogP contribution in [0.15, 0.2) is 33.4 Å². The molecule has 0 aliphatic heterocycles. The lowest BCUT2D eigenvalue weighted by molar-refractivity contribution is -0.146. The van der Waals surface area contributed by atoms with Gasteiger partial charge in [0.15, 0.2) is 17.6 Å². The van der Waals surface area contributed by atoms with Crippen LogP contribution in [0.2, 0.25) is 0 Å². The molecule has 0 aliphatic rings. The van der Waals surface area contributed by atoms with Crippen LogP contribution in [-0.2, 0) is 4.79 Å². The molecule has 0 radical (unpaired) electrons. The quantitative estimate of drug-likeness (QED) is 0.703. The van der Waals surface area contributed by atoms with Gasteiger partial charge in [-0.25, -0.2) is 4.79 Å². The molecule has 8 heteroatoms. The van der Waals surface area contributed by atoms with Crippen molar-refractivity contribution in [3.63, 3.8) is 0 Å². The molecule has 0 saturated carbocycles. The van der Waals surface area contributed by atoms with E-state index in [4.69, 9.17) is 19.2 Å². The van der Waals surface area contributed by atoms with E-state index in [0.29, 0.717) is 11.5 Å². The van der Waals surface area contributed by atoms with Gasteiger partial charge in [0.05, 0.1) is 6.26 Å². The van der Waals surface area contributed by atoms with E-state index in [1.807, 2.05) is 0 Å². The number of carbonyl (C=O) groups excluding carboxylic acids is 1. The predicted octanol–water partition coefficient (Wildman–Crippen LogP) is 0.500. The topological polar surface area (TPSA) is 126 Å². The SMILES string of the molecule is O=C(NCCC(O)C(=O)O)c1cc(-c2ccco2)on1. The largest absolute Gasteiger partial charge is 0.479 e. The van der Waals surface area contributed by atoms with Crippen molar-refractivity contribution < 1.29 is 28.7 Å². The summed E-state index contributed by atoms with van der Waals surface area (Å²) in [6, 6.07) is 4.73. The molecule has 20 heavy (non-hydrogen) atoms. The number of aliphatic carboxylic acids is 1. The van der Waals surface area contributed by atoms with Crippen molar-refractivity contribution in [2.24, 2.45) is 0 Å². The molecule has 2 aromatic heterocycles. The number of nitrogens with one attached hydrogen (secondary N) is 1. The van der Waals surface area contributed by atoms with Crippen LogP contribution in [0.25, 0.3) is 11.5 Å². The minimum atomic E-state index is -1.51. The number of aliphatic hydroxyl groups excluding tert-OH is 1. The Morgan fingerprint density at radius 1 is 1.40 bits per heavy atom. The minimum Gasteiger partial charge on any atom is -0.479 e. The smallest absolute Gasteiger partial charge is 0.332 e. The monoisotopic (exact) mass is 280 g/mol. The summed E-state index contributed by atoms with van der Waals surface area (Å²) in [6.45, 7) is 0.00917. The average Bonchev–Trinajstić information content (AvgIpc) is 3.08. The summed E-state index contributed by atoms with van der Waals surface area (Å²) < 4.78 is 10.0. The molecule has 0 bridgehead atoms. The van der Waals surface area contributed by atoms with Crippen molar-refractivity contribution >= 4 is 11.9 Å². The molecular formula is C12H12N2O6. The predicted molar refractivity (Wildman–Crippen MR) is 64.8 cm³/mol. The van der Waals surface area contributed by atoms with Crippen LogP contribution in [0.1, 0.15) is 16.9 Å². The number of nitrogens with zero attached hydrogens (tertiary/aromatic N) is 1. The first-order valence-corrected chi connectivity index (χ1v) is 5.77. The maximum atomic E-state index is 11.7. The van der Waals surface area contributed by atoms with E-state index >= 15 is 0 Å². The molecule has 3 N–H and O–H groups in total. The average molecular weight is 280 g/mol. The lowest BCUT2D eigenvalue weighted by atomic mass is 10.2. The molecule has 106 valence electrons. The number of aliphatic hydroxyl groups is 1. The third kappa shape index (κ3) is 3.23. The number of amides is 1. The Morgan fingerprint density at radius 3 is 2.85 bits per heavy atom. The number of hydrogen-bond donors (Lipinski definition) is 3. The number of aromatic nitrogens is 1. The highest BCUT2D eigenvalue weighted by Gasteiger charge is 2.16. The molecule has 2 aromatic rings. The van der Waals surface area contributed by atoms with Crippen molar-refractivity contribution in [3.05, 3.63) is 30.2 Å². The number of carbonyl (C=O) groups is 2. The molecule has 2 rings (SSSR count). The Kier molecular flexibility index (Phi) is 4.16. The molecular weight excluding hydrogens is 268 g/mol. The summed E-state index contributed by atoms with van der Waals surface area (Å²) in [5.74, 6) is -1.10. The van der Waals surface area contributed by atoms with Crippen LogP contribution >= 0.6 is 0 Å². The normalized spacial score (nSPS) is 12.1. The Hall–Kier alpha value is -2.61. The van der Waals surface area contributed by atoms with Gasteiger partial charge >= 0.3 is 5.97 Å². The fourth-order valence-corrected chi connectivity index (χ4v) is 1.45. The fraction of sp³-hybridized carbons (Fsp3) is 0.250. The molecule has 0 aromatic carbocycles. The first-order valence-electron chi connectivity index (χ1n) is 5.77. The van der Waals surface area contributed by atoms with Gasteiger partial charge in [0.1, 0.15) is 0 Å². The van der Waals surface area contributed by atoms with E-state index in [-0.39, 0.29) is 18.7 Å². The summed E-state index contributed by atoms with van der Waals surface area (Å²) in [4.78, 5) is 22.1. The third-order valence-corrected chi connectivity index (χ3v) is 2.50. The van der Waals surface area contributed by atoms with Crippen LogP contribution in [0.3, 0.4) is 0 Å². The van der Waals surface area contributed by atoms with Crippen LogP contribution in [0, 0.1) is 0 Å². The highest BCUT2D eigenvalue weighted by Crippen LogP contribution is 2.20. The van der Waals surface area contributed by atoms with Gasteiger partial charge in [0, 0.05) is 19.0 Å². The number of furan rings is 1. The van der Waals surface area contributed by atoms with Gasteiger partial charge in [-0.2, -0.15) is 0 Å². The van der Waals surface area contributed by atoms with E-state index in [9.17, 15) is 9.59 Å². The second kappa shape index (κ2) is 6.02. The highest BCUT2D eigenvalue weighted by atomic mass is 16.5. The molecule has 0 saturated heterocycles. The lowest BCUT2D eigenvalue weighted by Gasteiger charge is -2.05. The zero-order valence-corrected chi connectivity index (χ0v) is 10.3. The number of carboxylic acids is 1. The van der Waals surface area contributed by atoms with Crippen molar-refractivity contribution in [2.75, 3.05) is 6.54 Å². The second-order valence-electron chi connectivity index (χ2n) is 3.95. The van der Waals surface area contributed by atoms with Crippen LogP contribution in [0.4, 0.5) is 0 Å². The summed E-state index contributed by atoms with van der Waals surface area (Å²) in [6.07, 6.45) is -0.138. The van der Waals surface area contributed by atoms with Gasteiger partial charge < -0.3 is 24.5 Å². The van der Waals surface area contributed by atoms with Crippen molar-refractivity contribution in [1.82, 2.24) is 10.5 Å². The Bertz CT molecular complexity index is 589. The molecule has 0 spiro atoms. The van der Waals surface area contributed by atoms with Gasteiger partial charge in [0.25, 0.3) is 5.91 Å². The standard InChI is InChI=1S/C12H12N2O6/c15-8(12(17)18)3-4-13-11(16)7-6-10(20-14-7)9-2-1-5-19-9/h1-2,5-6,8,15H,3-4H2,(H,13,16)(H,17,18). The maximum absolute atomic E-state index is 11.7. The van der Waals surface area contributed by atoms with Gasteiger partial charge in [0.2, 0.25) is 5.76 Å². The minimum absolute atomic E-state index is 0.00917. The van der Waals surface area contributed by atoms with Crippen LogP contribution in [-0.4, -0.2) is 39.9 Å². The third-order valence-electron chi connectivity index (χ3n) is 2.50. The fourth-order valence-electron chi connectivity index (χ4n) is 1.45. The van der Waals surface area contributed by atoms with Gasteiger partial charge in [-0.1, -0.05) is 5.16 Å². The zero-order valence-electron chi connectivity index (χ0n) is 10.3. The first-order chi connectivity index (χ1) is 9.58. The molecule has 0 aliphatic carbocycles. The summed E-state index contributed by atoms with van der Waals surface area (Å²) in [5, 5.41) is 23.5. The van der Waals surface area contributed by atoms with Crippen molar-refractivity contribution in [2.45, 2.75) is 12.5 Å². The van der Waals surface area contributed by atoms with Gasteiger partial charge in [-0.15, -0.1) is 0 Å². The highest BCUT2D eigenvalue weighted by molar-refractivity contribution is 5.92. The van der Waals surface area contributed by atoms with E-state index in [1.165, 1.54) is 12.3 Å². The van der Waals surface area contributed by atoms with Crippen molar-refractivity contribution in [1.29, 1.82) is 0 Å². The first kappa shape index (κ1) is 13.8. The van der Waals surface area contributed by atoms with E-state index < -0.39 is 18.0 Å². The zero-order chi connectivity index (χ0) is 14.5. The van der Waals surface area contributed by atoms with Crippen LogP contribution < -0.4 is 5.32 Å². The van der Waals surface area contributed by atoms with Crippen LogP contribution in [0.5, 0.6) is 0 Å². The van der Waals surface area contributed by atoms with E-state index in [0.717, 1.165) is 0 Å². The van der Waals surface area contributed by atoms with Gasteiger partial charge in [-0.3, -0.25) is 4.79 Å². The molecule has 1 unspecified atom stereocenters. The van der Waals surface area contributed by atoms with E-state index in [2.05, 4.69) is 10.5 Å². The number of rotatable bonds is 6. The molecule has 0 fully saturated rings. The molecule has 2 heterocycles. The maximum Gasteiger partial charge on any atom is 0.332 e. The summed E-state index contributed by atoms with van der Waals surface area (Å²) in [7, 11) is 0. The lowest BCUT2D eigenvalue weighted by Crippen LogP contribution is -2.30. The van der Waals surface area contributed by atoms with E-state index in [1.54, 1.807) is 12.1 Å². The van der Waals surface area contributed by atoms with Crippen molar-refractivity contribution in [3.8, 4) is 11.5 Å². The summed E-state index contributed by atoms with van der Waals surface area (Å²) in [5.41, 5.74) is 0.0428. The molecule has 8 nitrogen and oxygen atoms in total. The number of carboxylic acid groups (broad SMARTS) is 1. The van der Waals surface area contributed by atoms with Gasteiger partial charge in [-0.05, 0) is 12.1 Å². The Balaban J connectivity index is 1.89.